The van der Waals surface area contributed by atoms with Crippen molar-refractivity contribution in [1.29, 1.82) is 0 Å². The minimum Gasteiger partial charge on any atom is -0.316 e. The molecule has 1 atom stereocenters. The maximum absolute atomic E-state index is 3.68. The van der Waals surface area contributed by atoms with Crippen LogP contribution < -0.4 is 5.32 Å². The van der Waals surface area contributed by atoms with Crippen molar-refractivity contribution in [2.45, 2.75) is 18.9 Å². The second kappa shape index (κ2) is 5.30. The molecule has 1 N–H and O–H groups in total. The highest BCUT2D eigenvalue weighted by atomic mass is 79.9. The van der Waals surface area contributed by atoms with Gasteiger partial charge in [0, 0.05) is 17.6 Å². The van der Waals surface area contributed by atoms with Gasteiger partial charge in [-0.25, -0.2) is 0 Å². The van der Waals surface area contributed by atoms with Crippen molar-refractivity contribution in [3.8, 4) is 0 Å². The number of hydrogen-bond donors (Lipinski definition) is 1. The van der Waals surface area contributed by atoms with Crippen molar-refractivity contribution in [3.05, 3.63) is 33.8 Å². The van der Waals surface area contributed by atoms with Gasteiger partial charge in [0.25, 0.3) is 0 Å². The van der Waals surface area contributed by atoms with Gasteiger partial charge in [-0.2, -0.15) is 0 Å². The number of benzene rings is 1. The third-order valence-electron chi connectivity index (χ3n) is 3.10. The van der Waals surface area contributed by atoms with Gasteiger partial charge in [0.2, 0.25) is 0 Å². The summed E-state index contributed by atoms with van der Waals surface area (Å²) in [5.41, 5.74) is 2.82. The van der Waals surface area contributed by atoms with Gasteiger partial charge in [0.05, 0.1) is 0 Å². The van der Waals surface area contributed by atoms with E-state index >= 15 is 0 Å². The van der Waals surface area contributed by atoms with E-state index < -0.39 is 0 Å². The van der Waals surface area contributed by atoms with Gasteiger partial charge in [-0.15, -0.1) is 0 Å². The zero-order chi connectivity index (χ0) is 11.5. The quantitative estimate of drug-likeness (QED) is 0.917. The van der Waals surface area contributed by atoms with Crippen molar-refractivity contribution in [2.24, 2.45) is 0 Å². The summed E-state index contributed by atoms with van der Waals surface area (Å²) in [7, 11) is 4.20. The third kappa shape index (κ3) is 2.84. The largest absolute Gasteiger partial charge is 0.316 e. The van der Waals surface area contributed by atoms with E-state index in [1.165, 1.54) is 22.0 Å². The van der Waals surface area contributed by atoms with Gasteiger partial charge < -0.3 is 10.2 Å². The van der Waals surface area contributed by atoms with E-state index in [-0.39, 0.29) is 0 Å². The van der Waals surface area contributed by atoms with E-state index in [1.54, 1.807) is 0 Å². The van der Waals surface area contributed by atoms with E-state index in [1.807, 2.05) is 0 Å². The molecule has 1 unspecified atom stereocenters. The lowest BCUT2D eigenvalue weighted by Gasteiger charge is -2.14. The summed E-state index contributed by atoms with van der Waals surface area (Å²) in [5, 5.41) is 3.41. The Morgan fingerprint density at radius 2 is 2.25 bits per heavy atom. The first-order valence-electron chi connectivity index (χ1n) is 5.80. The SMILES string of the molecule is CN(C)Cc1ccc(C2CCNC2)cc1Br. The molecule has 16 heavy (non-hydrogen) atoms. The van der Waals surface area contributed by atoms with E-state index in [0.717, 1.165) is 19.6 Å². The fourth-order valence-corrected chi connectivity index (χ4v) is 2.75. The fourth-order valence-electron chi connectivity index (χ4n) is 2.23. The van der Waals surface area contributed by atoms with Crippen molar-refractivity contribution < 1.29 is 0 Å². The lowest BCUT2D eigenvalue weighted by molar-refractivity contribution is 0.401. The molecule has 1 aliphatic rings. The van der Waals surface area contributed by atoms with Crippen LogP contribution in [0, 0.1) is 0 Å². The number of hydrogen-bond acceptors (Lipinski definition) is 2. The molecule has 0 aromatic heterocycles. The molecule has 88 valence electrons. The van der Waals surface area contributed by atoms with Gasteiger partial charge in [0.1, 0.15) is 0 Å². The number of halogens is 1. The van der Waals surface area contributed by atoms with Crippen LogP contribution in [0.15, 0.2) is 22.7 Å². The highest BCUT2D eigenvalue weighted by molar-refractivity contribution is 9.10. The summed E-state index contributed by atoms with van der Waals surface area (Å²) in [6.07, 6.45) is 1.26. The van der Waals surface area contributed by atoms with Crippen molar-refractivity contribution in [3.63, 3.8) is 0 Å². The highest BCUT2D eigenvalue weighted by Gasteiger charge is 2.17. The average molecular weight is 283 g/mol. The first kappa shape index (κ1) is 12.1. The second-order valence-electron chi connectivity index (χ2n) is 4.78. The topological polar surface area (TPSA) is 15.3 Å². The molecule has 1 aromatic carbocycles. The van der Waals surface area contributed by atoms with E-state index in [2.05, 4.69) is 58.4 Å². The van der Waals surface area contributed by atoms with Gasteiger partial charge in [0.15, 0.2) is 0 Å². The molecule has 1 aliphatic heterocycles. The molecule has 0 bridgehead atoms. The van der Waals surface area contributed by atoms with Crippen LogP contribution in [0.4, 0.5) is 0 Å². The normalized spacial score (nSPS) is 20.6. The van der Waals surface area contributed by atoms with Crippen LogP contribution in [0.5, 0.6) is 0 Å². The predicted molar refractivity (Wildman–Crippen MR) is 71.8 cm³/mol. The Labute approximate surface area is 106 Å². The number of nitrogens with zero attached hydrogens (tertiary/aromatic N) is 1. The maximum Gasteiger partial charge on any atom is 0.0238 e. The van der Waals surface area contributed by atoms with Crippen LogP contribution >= 0.6 is 15.9 Å². The molecule has 1 heterocycles. The van der Waals surface area contributed by atoms with E-state index in [9.17, 15) is 0 Å². The fraction of sp³-hybridized carbons (Fsp3) is 0.538. The standard InChI is InChI=1S/C13H19BrN2/c1-16(2)9-12-4-3-10(7-13(12)14)11-5-6-15-8-11/h3-4,7,11,15H,5-6,8-9H2,1-2H3. The maximum atomic E-state index is 3.68. The number of nitrogens with one attached hydrogen (secondary N) is 1. The van der Waals surface area contributed by atoms with Gasteiger partial charge in [-0.3, -0.25) is 0 Å². The van der Waals surface area contributed by atoms with Crippen LogP contribution in [-0.2, 0) is 6.54 Å². The lowest BCUT2D eigenvalue weighted by Crippen LogP contribution is -2.11. The Morgan fingerprint density at radius 3 is 2.81 bits per heavy atom. The molecule has 1 fully saturated rings. The van der Waals surface area contributed by atoms with Crippen molar-refractivity contribution >= 4 is 15.9 Å². The zero-order valence-electron chi connectivity index (χ0n) is 9.96. The summed E-state index contributed by atoms with van der Waals surface area (Å²) in [6.45, 7) is 3.27. The molecule has 0 amide bonds. The molecule has 1 aromatic rings. The Morgan fingerprint density at radius 1 is 1.44 bits per heavy atom. The van der Waals surface area contributed by atoms with E-state index in [4.69, 9.17) is 0 Å². The Hall–Kier alpha value is -0.380. The molecule has 3 heteroatoms. The van der Waals surface area contributed by atoms with Crippen LogP contribution in [0.1, 0.15) is 23.5 Å². The van der Waals surface area contributed by atoms with Crippen LogP contribution in [0.2, 0.25) is 0 Å². The number of rotatable bonds is 3. The minimum atomic E-state index is 0.699. The zero-order valence-corrected chi connectivity index (χ0v) is 11.5. The molecular formula is C13H19BrN2. The molecule has 0 saturated carbocycles. The summed E-state index contributed by atoms with van der Waals surface area (Å²) >= 11 is 3.68. The summed E-state index contributed by atoms with van der Waals surface area (Å²) < 4.78 is 1.24. The van der Waals surface area contributed by atoms with Gasteiger partial charge in [-0.1, -0.05) is 28.1 Å². The Kier molecular flexibility index (Phi) is 4.00. The third-order valence-corrected chi connectivity index (χ3v) is 3.83. The minimum absolute atomic E-state index is 0.699. The highest BCUT2D eigenvalue weighted by Crippen LogP contribution is 2.27. The molecule has 0 radical (unpaired) electrons. The van der Waals surface area contributed by atoms with Crippen molar-refractivity contribution in [1.82, 2.24) is 10.2 Å². The summed E-state index contributed by atoms with van der Waals surface area (Å²) in [5.74, 6) is 0.699. The predicted octanol–water partition coefficient (Wildman–Crippen LogP) is 2.59. The molecule has 0 aliphatic carbocycles. The molecule has 0 spiro atoms. The Balaban J connectivity index is 2.15. The smallest absolute Gasteiger partial charge is 0.0238 e. The summed E-state index contributed by atoms with van der Waals surface area (Å²) in [4.78, 5) is 2.19. The van der Waals surface area contributed by atoms with Crippen LogP contribution in [0.3, 0.4) is 0 Å². The first-order chi connectivity index (χ1) is 7.66. The molecule has 1 saturated heterocycles. The monoisotopic (exact) mass is 282 g/mol. The van der Waals surface area contributed by atoms with Crippen LogP contribution in [-0.4, -0.2) is 32.1 Å². The average Bonchev–Trinajstić information content (AvgIpc) is 2.73. The van der Waals surface area contributed by atoms with Gasteiger partial charge >= 0.3 is 0 Å². The van der Waals surface area contributed by atoms with Crippen molar-refractivity contribution in [2.75, 3.05) is 27.2 Å². The molecular weight excluding hydrogens is 264 g/mol. The van der Waals surface area contributed by atoms with Gasteiger partial charge in [-0.05, 0) is 50.2 Å². The first-order valence-corrected chi connectivity index (χ1v) is 6.60. The Bertz CT molecular complexity index is 357. The van der Waals surface area contributed by atoms with Crippen LogP contribution in [0.25, 0.3) is 0 Å². The second-order valence-corrected chi connectivity index (χ2v) is 5.63. The van der Waals surface area contributed by atoms with E-state index in [0.29, 0.717) is 5.92 Å². The molecule has 2 nitrogen and oxygen atoms in total. The summed E-state index contributed by atoms with van der Waals surface area (Å²) in [6, 6.07) is 6.81. The lowest BCUT2D eigenvalue weighted by atomic mass is 9.97. The molecule has 2 rings (SSSR count).